The highest BCUT2D eigenvalue weighted by Gasteiger charge is 2.17. The van der Waals surface area contributed by atoms with Crippen molar-refractivity contribution < 1.29 is 4.74 Å². The molecule has 4 rings (SSSR count). The molecular formula is C29H28N4O2. The molecule has 0 bridgehead atoms. The number of ether oxygens (including phenoxy) is 1. The molecule has 0 N–H and O–H groups in total. The van der Waals surface area contributed by atoms with Crippen LogP contribution in [0.3, 0.4) is 0 Å². The van der Waals surface area contributed by atoms with Crippen LogP contribution in [0.25, 0.3) is 16.9 Å². The van der Waals surface area contributed by atoms with Gasteiger partial charge in [0.15, 0.2) is 0 Å². The van der Waals surface area contributed by atoms with E-state index in [4.69, 9.17) is 9.72 Å². The van der Waals surface area contributed by atoms with Crippen LogP contribution in [0.15, 0.2) is 71.7 Å². The van der Waals surface area contributed by atoms with Crippen LogP contribution in [0.1, 0.15) is 48.0 Å². The lowest BCUT2D eigenvalue weighted by atomic mass is 9.97. The molecule has 0 spiro atoms. The van der Waals surface area contributed by atoms with Gasteiger partial charge in [0.05, 0.1) is 30.6 Å². The standard InChI is InChI=1S/C29H28N4O2/c1-4-5-10-27-26(29(34)33(20(2)32-27)28-16-15-24(35-3)19-31-28)17-21-11-13-22(14-12-21)25-9-7-6-8-23(25)18-30/h6-9,11-16,19H,4-5,10,17H2,1-3H3. The quantitative estimate of drug-likeness (QED) is 0.348. The number of methoxy groups -OCH3 is 1. The zero-order valence-corrected chi connectivity index (χ0v) is 20.3. The van der Waals surface area contributed by atoms with Gasteiger partial charge in [-0.25, -0.2) is 14.5 Å². The van der Waals surface area contributed by atoms with Crippen LogP contribution in [0.5, 0.6) is 5.75 Å². The molecule has 0 aliphatic rings. The van der Waals surface area contributed by atoms with Crippen molar-refractivity contribution in [3.05, 3.63) is 105 Å². The molecular weight excluding hydrogens is 436 g/mol. The van der Waals surface area contributed by atoms with Crippen LogP contribution in [-0.2, 0) is 12.8 Å². The van der Waals surface area contributed by atoms with Gasteiger partial charge in [0.1, 0.15) is 17.4 Å². The Hall–Kier alpha value is -4.24. The zero-order valence-electron chi connectivity index (χ0n) is 20.3. The summed E-state index contributed by atoms with van der Waals surface area (Å²) in [5.74, 6) is 1.77. The van der Waals surface area contributed by atoms with Gasteiger partial charge < -0.3 is 4.74 Å². The normalized spacial score (nSPS) is 10.7. The largest absolute Gasteiger partial charge is 0.495 e. The number of aryl methyl sites for hydroxylation is 2. The smallest absolute Gasteiger partial charge is 0.263 e. The predicted octanol–water partition coefficient (Wildman–Crippen LogP) is 5.42. The lowest BCUT2D eigenvalue weighted by Gasteiger charge is -2.15. The van der Waals surface area contributed by atoms with Crippen LogP contribution in [0, 0.1) is 18.3 Å². The first-order valence-electron chi connectivity index (χ1n) is 11.8. The van der Waals surface area contributed by atoms with Gasteiger partial charge >= 0.3 is 0 Å². The molecule has 2 aromatic carbocycles. The second kappa shape index (κ2) is 10.8. The monoisotopic (exact) mass is 464 g/mol. The molecule has 6 heteroatoms. The summed E-state index contributed by atoms with van der Waals surface area (Å²) in [7, 11) is 1.58. The Morgan fingerprint density at radius 3 is 2.49 bits per heavy atom. The molecule has 0 aliphatic heterocycles. The Kier molecular flexibility index (Phi) is 7.37. The van der Waals surface area contributed by atoms with E-state index in [0.29, 0.717) is 34.9 Å². The van der Waals surface area contributed by atoms with E-state index in [-0.39, 0.29) is 5.56 Å². The highest BCUT2D eigenvalue weighted by Crippen LogP contribution is 2.24. The van der Waals surface area contributed by atoms with Gasteiger partial charge in [-0.3, -0.25) is 4.79 Å². The minimum atomic E-state index is -0.0971. The number of unbranched alkanes of at least 4 members (excludes halogenated alkanes) is 1. The first kappa shape index (κ1) is 23.9. The van der Waals surface area contributed by atoms with Crippen molar-refractivity contribution in [2.75, 3.05) is 7.11 Å². The van der Waals surface area contributed by atoms with Gasteiger partial charge in [0.2, 0.25) is 0 Å². The van der Waals surface area contributed by atoms with Crippen molar-refractivity contribution in [1.29, 1.82) is 5.26 Å². The van der Waals surface area contributed by atoms with E-state index in [1.54, 1.807) is 30.0 Å². The Morgan fingerprint density at radius 1 is 1.06 bits per heavy atom. The Balaban J connectivity index is 1.73. The fourth-order valence-corrected chi connectivity index (χ4v) is 4.18. The van der Waals surface area contributed by atoms with E-state index >= 15 is 0 Å². The molecule has 0 unspecified atom stereocenters. The molecule has 0 atom stereocenters. The average molecular weight is 465 g/mol. The summed E-state index contributed by atoms with van der Waals surface area (Å²) < 4.78 is 6.78. The number of pyridine rings is 1. The summed E-state index contributed by atoms with van der Waals surface area (Å²) in [6.07, 6.45) is 4.82. The maximum Gasteiger partial charge on any atom is 0.263 e. The maximum atomic E-state index is 13.7. The predicted molar refractivity (Wildman–Crippen MR) is 137 cm³/mol. The molecule has 0 saturated carbocycles. The summed E-state index contributed by atoms with van der Waals surface area (Å²) in [4.78, 5) is 23.0. The van der Waals surface area contributed by atoms with Gasteiger partial charge in [-0.15, -0.1) is 0 Å². The fourth-order valence-electron chi connectivity index (χ4n) is 4.18. The summed E-state index contributed by atoms with van der Waals surface area (Å²) in [6.45, 7) is 3.97. The summed E-state index contributed by atoms with van der Waals surface area (Å²) in [5, 5.41) is 9.43. The third-order valence-electron chi connectivity index (χ3n) is 6.08. The topological polar surface area (TPSA) is 80.8 Å². The number of rotatable bonds is 8. The van der Waals surface area contributed by atoms with E-state index < -0.39 is 0 Å². The van der Waals surface area contributed by atoms with Crippen molar-refractivity contribution in [2.45, 2.75) is 39.5 Å². The van der Waals surface area contributed by atoms with Crippen LogP contribution < -0.4 is 10.3 Å². The zero-order chi connectivity index (χ0) is 24.8. The molecule has 0 radical (unpaired) electrons. The number of hydrogen-bond acceptors (Lipinski definition) is 5. The molecule has 35 heavy (non-hydrogen) atoms. The summed E-state index contributed by atoms with van der Waals surface area (Å²) >= 11 is 0. The van der Waals surface area contributed by atoms with Crippen molar-refractivity contribution in [2.24, 2.45) is 0 Å². The minimum Gasteiger partial charge on any atom is -0.495 e. The average Bonchev–Trinajstić information content (AvgIpc) is 2.90. The van der Waals surface area contributed by atoms with Gasteiger partial charge in [0.25, 0.3) is 5.56 Å². The van der Waals surface area contributed by atoms with Crippen LogP contribution >= 0.6 is 0 Å². The van der Waals surface area contributed by atoms with E-state index in [9.17, 15) is 10.1 Å². The highest BCUT2D eigenvalue weighted by molar-refractivity contribution is 5.70. The lowest BCUT2D eigenvalue weighted by Crippen LogP contribution is -2.29. The number of aromatic nitrogens is 3. The van der Waals surface area contributed by atoms with Gasteiger partial charge in [-0.2, -0.15) is 5.26 Å². The van der Waals surface area contributed by atoms with E-state index in [1.807, 2.05) is 55.5 Å². The first-order chi connectivity index (χ1) is 17.0. The third-order valence-corrected chi connectivity index (χ3v) is 6.08. The lowest BCUT2D eigenvalue weighted by molar-refractivity contribution is 0.412. The van der Waals surface area contributed by atoms with E-state index in [1.165, 1.54) is 0 Å². The first-order valence-corrected chi connectivity index (χ1v) is 11.8. The van der Waals surface area contributed by atoms with Crippen LogP contribution in [-0.4, -0.2) is 21.6 Å². The molecule has 0 aliphatic carbocycles. The second-order valence-corrected chi connectivity index (χ2v) is 8.42. The molecule has 2 aromatic heterocycles. The number of hydrogen-bond donors (Lipinski definition) is 0. The highest BCUT2D eigenvalue weighted by atomic mass is 16.5. The third kappa shape index (κ3) is 5.15. The Labute approximate surface area is 205 Å². The summed E-state index contributed by atoms with van der Waals surface area (Å²) in [6, 6.07) is 21.4. The molecule has 176 valence electrons. The van der Waals surface area contributed by atoms with E-state index in [2.05, 4.69) is 18.0 Å². The number of nitriles is 1. The van der Waals surface area contributed by atoms with Crippen LogP contribution in [0.2, 0.25) is 0 Å². The summed E-state index contributed by atoms with van der Waals surface area (Å²) in [5.41, 5.74) is 4.96. The van der Waals surface area contributed by atoms with Crippen molar-refractivity contribution >= 4 is 0 Å². The number of benzene rings is 2. The molecule has 2 heterocycles. The van der Waals surface area contributed by atoms with Crippen molar-refractivity contribution in [3.8, 4) is 28.8 Å². The van der Waals surface area contributed by atoms with Gasteiger partial charge in [-0.05, 0) is 54.7 Å². The van der Waals surface area contributed by atoms with Crippen molar-refractivity contribution in [1.82, 2.24) is 14.5 Å². The Morgan fingerprint density at radius 2 is 1.83 bits per heavy atom. The molecule has 0 saturated heterocycles. The fraction of sp³-hybridized carbons (Fsp3) is 0.241. The molecule has 6 nitrogen and oxygen atoms in total. The van der Waals surface area contributed by atoms with Gasteiger partial charge in [0, 0.05) is 12.0 Å². The van der Waals surface area contributed by atoms with Gasteiger partial charge in [-0.1, -0.05) is 55.8 Å². The molecule has 0 amide bonds. The SMILES string of the molecule is CCCCc1nc(C)n(-c2ccc(OC)cn2)c(=O)c1Cc1ccc(-c2ccccc2C#N)cc1. The number of nitrogens with zero attached hydrogens (tertiary/aromatic N) is 4. The van der Waals surface area contributed by atoms with Crippen molar-refractivity contribution in [3.63, 3.8) is 0 Å². The maximum absolute atomic E-state index is 13.7. The second-order valence-electron chi connectivity index (χ2n) is 8.42. The minimum absolute atomic E-state index is 0.0971. The van der Waals surface area contributed by atoms with E-state index in [0.717, 1.165) is 41.6 Å². The molecule has 0 fully saturated rings. The van der Waals surface area contributed by atoms with Crippen LogP contribution in [0.4, 0.5) is 0 Å². The Bertz CT molecular complexity index is 1420. The molecule has 4 aromatic rings.